The summed E-state index contributed by atoms with van der Waals surface area (Å²) in [6, 6.07) is 0. The van der Waals surface area contributed by atoms with Crippen molar-refractivity contribution >= 4 is 5.91 Å². The number of amides is 1. The van der Waals surface area contributed by atoms with Crippen molar-refractivity contribution in [2.75, 3.05) is 13.6 Å². The van der Waals surface area contributed by atoms with Crippen LogP contribution in [0.5, 0.6) is 0 Å². The zero-order valence-electron chi connectivity index (χ0n) is 11.5. The van der Waals surface area contributed by atoms with Gasteiger partial charge < -0.3 is 14.4 Å². The van der Waals surface area contributed by atoms with E-state index in [9.17, 15) is 9.90 Å². The summed E-state index contributed by atoms with van der Waals surface area (Å²) >= 11 is 0. The van der Waals surface area contributed by atoms with Crippen molar-refractivity contribution in [2.24, 2.45) is 5.92 Å². The Morgan fingerprint density at radius 1 is 1.39 bits per heavy atom. The van der Waals surface area contributed by atoms with E-state index in [0.717, 1.165) is 24.2 Å². The van der Waals surface area contributed by atoms with Crippen LogP contribution in [0.15, 0.2) is 4.42 Å². The van der Waals surface area contributed by atoms with Crippen molar-refractivity contribution in [1.29, 1.82) is 0 Å². The highest BCUT2D eigenvalue weighted by molar-refractivity contribution is 5.96. The molecule has 1 aromatic heterocycles. The van der Waals surface area contributed by atoms with Crippen LogP contribution >= 0.6 is 0 Å². The maximum absolute atomic E-state index is 12.3. The van der Waals surface area contributed by atoms with Gasteiger partial charge in [0.1, 0.15) is 11.5 Å². The Labute approximate surface area is 108 Å². The number of aryl methyl sites for hydroxylation is 2. The van der Waals surface area contributed by atoms with Gasteiger partial charge in [0.05, 0.1) is 11.7 Å². The van der Waals surface area contributed by atoms with Crippen molar-refractivity contribution in [3.05, 3.63) is 22.6 Å². The highest BCUT2D eigenvalue weighted by atomic mass is 16.3. The van der Waals surface area contributed by atoms with Gasteiger partial charge in [-0.1, -0.05) is 0 Å². The van der Waals surface area contributed by atoms with Crippen LogP contribution in [-0.4, -0.2) is 35.6 Å². The molecule has 2 rings (SSSR count). The number of aliphatic hydroxyl groups excluding tert-OH is 1. The molecule has 1 amide bonds. The fraction of sp³-hybridized carbons (Fsp3) is 0.643. The van der Waals surface area contributed by atoms with Gasteiger partial charge in [0, 0.05) is 19.2 Å². The smallest absolute Gasteiger partial charge is 0.257 e. The van der Waals surface area contributed by atoms with Crippen molar-refractivity contribution in [3.63, 3.8) is 0 Å². The lowest BCUT2D eigenvalue weighted by Gasteiger charge is -2.20. The summed E-state index contributed by atoms with van der Waals surface area (Å²) in [5, 5.41) is 9.88. The summed E-state index contributed by atoms with van der Waals surface area (Å²) in [4.78, 5) is 13.9. The fourth-order valence-electron chi connectivity index (χ4n) is 2.29. The highest BCUT2D eigenvalue weighted by Gasteiger charge is 2.32. The number of rotatable bonds is 4. The van der Waals surface area contributed by atoms with E-state index < -0.39 is 6.10 Å². The fourth-order valence-corrected chi connectivity index (χ4v) is 2.29. The lowest BCUT2D eigenvalue weighted by molar-refractivity contribution is 0.0643. The van der Waals surface area contributed by atoms with Gasteiger partial charge in [0.25, 0.3) is 5.91 Å². The van der Waals surface area contributed by atoms with Gasteiger partial charge >= 0.3 is 0 Å². The molecular formula is C14H21NO3. The molecule has 4 nitrogen and oxygen atoms in total. The molecule has 0 aliphatic heterocycles. The van der Waals surface area contributed by atoms with E-state index in [2.05, 4.69) is 0 Å². The Morgan fingerprint density at radius 2 is 2.00 bits per heavy atom. The van der Waals surface area contributed by atoms with Gasteiger partial charge in [0.15, 0.2) is 0 Å². The van der Waals surface area contributed by atoms with E-state index in [4.69, 9.17) is 4.42 Å². The monoisotopic (exact) mass is 251 g/mol. The van der Waals surface area contributed by atoms with Crippen LogP contribution in [0.25, 0.3) is 0 Å². The molecule has 1 atom stereocenters. The molecule has 1 unspecified atom stereocenters. The van der Waals surface area contributed by atoms with Crippen LogP contribution in [0, 0.1) is 26.7 Å². The number of aliphatic hydroxyl groups is 1. The molecule has 0 bridgehead atoms. The number of hydrogen-bond donors (Lipinski definition) is 1. The number of carbonyl (C=O) groups is 1. The second kappa shape index (κ2) is 4.76. The average molecular weight is 251 g/mol. The first-order valence-corrected chi connectivity index (χ1v) is 6.42. The molecule has 1 aromatic rings. The van der Waals surface area contributed by atoms with Gasteiger partial charge in [-0.05, 0) is 39.5 Å². The number of carbonyl (C=O) groups excluding carboxylic acids is 1. The third-order valence-corrected chi connectivity index (χ3v) is 3.75. The average Bonchev–Trinajstić information content (AvgIpc) is 3.08. The minimum Gasteiger partial charge on any atom is -0.466 e. The van der Waals surface area contributed by atoms with Crippen molar-refractivity contribution in [1.82, 2.24) is 4.90 Å². The van der Waals surface area contributed by atoms with E-state index in [0.29, 0.717) is 23.8 Å². The molecule has 0 aromatic carbocycles. The molecule has 100 valence electrons. The van der Waals surface area contributed by atoms with E-state index in [-0.39, 0.29) is 5.91 Å². The highest BCUT2D eigenvalue weighted by Crippen LogP contribution is 2.33. The van der Waals surface area contributed by atoms with Crippen molar-refractivity contribution < 1.29 is 14.3 Å². The second-order valence-corrected chi connectivity index (χ2v) is 5.30. The van der Waals surface area contributed by atoms with Crippen molar-refractivity contribution in [2.45, 2.75) is 39.7 Å². The summed E-state index contributed by atoms with van der Waals surface area (Å²) in [7, 11) is 1.73. The van der Waals surface area contributed by atoms with Crippen LogP contribution < -0.4 is 0 Å². The first-order chi connectivity index (χ1) is 8.41. The van der Waals surface area contributed by atoms with Gasteiger partial charge in [-0.15, -0.1) is 0 Å². The lowest BCUT2D eigenvalue weighted by Crippen LogP contribution is -2.35. The Balaban J connectivity index is 2.09. The number of furan rings is 1. The maximum Gasteiger partial charge on any atom is 0.257 e. The van der Waals surface area contributed by atoms with E-state index in [1.165, 1.54) is 0 Å². The quantitative estimate of drug-likeness (QED) is 0.891. The minimum atomic E-state index is -0.396. The molecule has 1 aliphatic rings. The van der Waals surface area contributed by atoms with E-state index in [1.54, 1.807) is 18.9 Å². The molecule has 18 heavy (non-hydrogen) atoms. The first-order valence-electron chi connectivity index (χ1n) is 6.42. The van der Waals surface area contributed by atoms with Gasteiger partial charge in [0.2, 0.25) is 0 Å². The van der Waals surface area contributed by atoms with Crippen LogP contribution in [0.3, 0.4) is 0 Å². The second-order valence-electron chi connectivity index (χ2n) is 5.30. The van der Waals surface area contributed by atoms with Crippen molar-refractivity contribution in [3.8, 4) is 0 Å². The Morgan fingerprint density at radius 3 is 2.44 bits per heavy atom. The standard InChI is InChI=1S/C14H21NO3/c1-8-9(2)18-10(3)13(8)14(17)15(4)7-12(16)11-5-6-11/h11-12,16H,5-7H2,1-4H3. The number of hydrogen-bond acceptors (Lipinski definition) is 3. The third-order valence-electron chi connectivity index (χ3n) is 3.75. The topological polar surface area (TPSA) is 53.7 Å². The minimum absolute atomic E-state index is 0.0680. The molecule has 0 radical (unpaired) electrons. The Bertz CT molecular complexity index is 460. The predicted molar refractivity (Wildman–Crippen MR) is 68.6 cm³/mol. The molecule has 0 spiro atoms. The largest absolute Gasteiger partial charge is 0.466 e. The number of nitrogens with zero attached hydrogens (tertiary/aromatic N) is 1. The molecule has 0 saturated heterocycles. The number of likely N-dealkylation sites (N-methyl/N-ethyl adjacent to an activating group) is 1. The maximum atomic E-state index is 12.3. The first kappa shape index (κ1) is 13.1. The van der Waals surface area contributed by atoms with Gasteiger partial charge in [-0.3, -0.25) is 4.79 Å². The Hall–Kier alpha value is -1.29. The predicted octanol–water partition coefficient (Wildman–Crippen LogP) is 2.05. The zero-order chi connectivity index (χ0) is 13.4. The lowest BCUT2D eigenvalue weighted by atomic mass is 10.1. The van der Waals surface area contributed by atoms with Crippen LogP contribution in [0.4, 0.5) is 0 Å². The summed E-state index contributed by atoms with van der Waals surface area (Å²) in [6.07, 6.45) is 1.76. The summed E-state index contributed by atoms with van der Waals surface area (Å²) < 4.78 is 5.47. The SMILES string of the molecule is Cc1oc(C)c(C(=O)N(C)CC(O)C2CC2)c1C. The van der Waals surface area contributed by atoms with E-state index >= 15 is 0 Å². The van der Waals surface area contributed by atoms with Crippen LogP contribution in [-0.2, 0) is 0 Å². The van der Waals surface area contributed by atoms with Crippen LogP contribution in [0.2, 0.25) is 0 Å². The van der Waals surface area contributed by atoms with Crippen LogP contribution in [0.1, 0.15) is 40.3 Å². The molecule has 4 heteroatoms. The molecule has 1 fully saturated rings. The molecular weight excluding hydrogens is 230 g/mol. The zero-order valence-corrected chi connectivity index (χ0v) is 11.5. The van der Waals surface area contributed by atoms with Gasteiger partial charge in [-0.2, -0.15) is 0 Å². The normalized spacial score (nSPS) is 16.7. The third kappa shape index (κ3) is 2.43. The summed E-state index contributed by atoms with van der Waals surface area (Å²) in [5.41, 5.74) is 1.53. The summed E-state index contributed by atoms with van der Waals surface area (Å²) in [6.45, 7) is 5.95. The van der Waals surface area contributed by atoms with Gasteiger partial charge in [-0.25, -0.2) is 0 Å². The molecule has 1 heterocycles. The Kier molecular flexibility index (Phi) is 3.48. The summed E-state index contributed by atoms with van der Waals surface area (Å²) in [5.74, 6) is 1.75. The molecule has 1 aliphatic carbocycles. The molecule has 1 N–H and O–H groups in total. The van der Waals surface area contributed by atoms with E-state index in [1.807, 2.05) is 13.8 Å². The molecule has 1 saturated carbocycles.